The minimum Gasteiger partial charge on any atom is -0.380 e. The summed E-state index contributed by atoms with van der Waals surface area (Å²) in [5, 5.41) is 9.62. The highest BCUT2D eigenvalue weighted by molar-refractivity contribution is 6.08. The summed E-state index contributed by atoms with van der Waals surface area (Å²) in [5.41, 5.74) is -2.47. The quantitative estimate of drug-likeness (QED) is 0.786. The number of halogens is 3. The van der Waals surface area contributed by atoms with Crippen LogP contribution in [0.3, 0.4) is 0 Å². The standard InChI is InChI=1S/C19H21F3N2O4/c1-18(28,19(20,21)22)10-14(25)23-9-5-8-13-15(23)17(27)24(16(13)26)11-12-6-3-2-4-7-12/h2-4,6-7,13,15,28H,5,8-11H2,1H3. The van der Waals surface area contributed by atoms with Crippen LogP contribution >= 0.6 is 0 Å². The van der Waals surface area contributed by atoms with Crippen molar-refractivity contribution in [1.29, 1.82) is 0 Å². The molecule has 6 nitrogen and oxygen atoms in total. The zero-order chi connectivity index (χ0) is 20.7. The van der Waals surface area contributed by atoms with Crippen molar-refractivity contribution in [2.45, 2.75) is 50.6 Å². The molecule has 3 rings (SSSR count). The number of likely N-dealkylation sites (tertiary alicyclic amines) is 2. The van der Waals surface area contributed by atoms with Crippen LogP contribution in [0.1, 0.15) is 31.7 Å². The van der Waals surface area contributed by atoms with Crippen LogP contribution in [0.15, 0.2) is 30.3 Å². The van der Waals surface area contributed by atoms with Crippen molar-refractivity contribution in [3.05, 3.63) is 35.9 Å². The number of amides is 3. The average molecular weight is 398 g/mol. The van der Waals surface area contributed by atoms with Crippen molar-refractivity contribution in [3.63, 3.8) is 0 Å². The van der Waals surface area contributed by atoms with E-state index in [1.165, 1.54) is 0 Å². The largest absolute Gasteiger partial charge is 0.417 e. The average Bonchev–Trinajstić information content (AvgIpc) is 2.86. The normalized spacial score (nSPS) is 24.9. The number of fused-ring (bicyclic) bond motifs is 1. The number of benzene rings is 1. The Morgan fingerprint density at radius 3 is 2.43 bits per heavy atom. The summed E-state index contributed by atoms with van der Waals surface area (Å²) in [6.07, 6.45) is -5.38. The number of carbonyl (C=O) groups is 3. The molecule has 0 bridgehead atoms. The summed E-state index contributed by atoms with van der Waals surface area (Å²) in [7, 11) is 0. The predicted molar refractivity (Wildman–Crippen MR) is 91.5 cm³/mol. The molecule has 0 aliphatic carbocycles. The van der Waals surface area contributed by atoms with E-state index in [1.54, 1.807) is 30.3 Å². The minimum absolute atomic E-state index is 0.0494. The Kier molecular flexibility index (Phi) is 5.22. The molecule has 2 fully saturated rings. The van der Waals surface area contributed by atoms with E-state index in [4.69, 9.17) is 0 Å². The van der Waals surface area contributed by atoms with Gasteiger partial charge >= 0.3 is 6.18 Å². The molecular weight excluding hydrogens is 377 g/mol. The van der Waals surface area contributed by atoms with Gasteiger partial charge in [0.15, 0.2) is 5.60 Å². The molecule has 1 N–H and O–H groups in total. The number of hydrogen-bond donors (Lipinski definition) is 1. The molecule has 2 aliphatic rings. The molecule has 2 aliphatic heterocycles. The molecule has 28 heavy (non-hydrogen) atoms. The lowest BCUT2D eigenvalue weighted by Gasteiger charge is -2.36. The van der Waals surface area contributed by atoms with Crippen LogP contribution in [0.2, 0.25) is 0 Å². The Morgan fingerprint density at radius 1 is 1.18 bits per heavy atom. The summed E-state index contributed by atoms with van der Waals surface area (Å²) in [6.45, 7) is 0.648. The molecule has 1 aromatic rings. The number of hydrogen-bond acceptors (Lipinski definition) is 4. The van der Waals surface area contributed by atoms with Gasteiger partial charge in [0.1, 0.15) is 6.04 Å². The zero-order valence-corrected chi connectivity index (χ0v) is 15.3. The Balaban J connectivity index is 1.80. The van der Waals surface area contributed by atoms with Crippen molar-refractivity contribution in [2.75, 3.05) is 6.54 Å². The van der Waals surface area contributed by atoms with E-state index in [1.807, 2.05) is 0 Å². The Morgan fingerprint density at radius 2 is 1.82 bits per heavy atom. The van der Waals surface area contributed by atoms with Crippen molar-refractivity contribution in [1.82, 2.24) is 9.80 Å². The van der Waals surface area contributed by atoms with Gasteiger partial charge in [0.05, 0.1) is 18.9 Å². The van der Waals surface area contributed by atoms with Gasteiger partial charge in [-0.05, 0) is 25.3 Å². The third-order valence-corrected chi connectivity index (χ3v) is 5.34. The highest BCUT2D eigenvalue weighted by atomic mass is 19.4. The number of rotatable bonds is 4. The SMILES string of the molecule is CC(O)(CC(=O)N1CCCC2C(=O)N(Cc3ccccc3)C(=O)C21)C(F)(F)F. The third-order valence-electron chi connectivity index (χ3n) is 5.34. The topological polar surface area (TPSA) is 77.9 Å². The predicted octanol–water partition coefficient (Wildman–Crippen LogP) is 1.87. The maximum absolute atomic E-state index is 12.9. The number of aliphatic hydroxyl groups is 1. The van der Waals surface area contributed by atoms with Gasteiger partial charge in [0.2, 0.25) is 11.8 Å². The molecule has 0 radical (unpaired) electrons. The van der Waals surface area contributed by atoms with E-state index >= 15 is 0 Å². The lowest BCUT2D eigenvalue weighted by Crippen LogP contribution is -2.54. The van der Waals surface area contributed by atoms with Crippen molar-refractivity contribution in [3.8, 4) is 0 Å². The lowest BCUT2D eigenvalue weighted by molar-refractivity contribution is -0.254. The third kappa shape index (κ3) is 3.63. The molecule has 3 unspecified atom stereocenters. The van der Waals surface area contributed by atoms with Crippen LogP contribution in [0.25, 0.3) is 0 Å². The van der Waals surface area contributed by atoms with Crippen LogP contribution < -0.4 is 0 Å². The Labute approximate surface area is 159 Å². The van der Waals surface area contributed by atoms with Crippen molar-refractivity contribution in [2.24, 2.45) is 5.92 Å². The van der Waals surface area contributed by atoms with Crippen LogP contribution in [0.4, 0.5) is 13.2 Å². The fraction of sp³-hybridized carbons (Fsp3) is 0.526. The molecule has 2 heterocycles. The molecule has 1 aromatic carbocycles. The van der Waals surface area contributed by atoms with E-state index in [-0.39, 0.29) is 13.1 Å². The van der Waals surface area contributed by atoms with E-state index in [0.717, 1.165) is 15.4 Å². The minimum atomic E-state index is -4.98. The summed E-state index contributed by atoms with van der Waals surface area (Å²) >= 11 is 0. The van der Waals surface area contributed by atoms with E-state index in [9.17, 15) is 32.7 Å². The van der Waals surface area contributed by atoms with Gasteiger partial charge < -0.3 is 10.0 Å². The number of imide groups is 1. The molecule has 0 spiro atoms. The van der Waals surface area contributed by atoms with E-state index in [2.05, 4.69) is 0 Å². The smallest absolute Gasteiger partial charge is 0.380 e. The second kappa shape index (κ2) is 7.20. The number of carbonyl (C=O) groups excluding carboxylic acids is 3. The molecule has 152 valence electrons. The Hall–Kier alpha value is -2.42. The second-order valence-corrected chi connectivity index (χ2v) is 7.48. The van der Waals surface area contributed by atoms with Gasteiger partial charge in [-0.15, -0.1) is 0 Å². The summed E-state index contributed by atoms with van der Waals surface area (Å²) in [6, 6.07) is 7.73. The first-order valence-corrected chi connectivity index (χ1v) is 9.00. The van der Waals surface area contributed by atoms with E-state index < -0.39 is 47.9 Å². The van der Waals surface area contributed by atoms with Gasteiger partial charge in [-0.1, -0.05) is 30.3 Å². The molecular formula is C19H21F3N2O4. The van der Waals surface area contributed by atoms with Gasteiger partial charge in [0, 0.05) is 6.54 Å². The second-order valence-electron chi connectivity index (χ2n) is 7.48. The van der Waals surface area contributed by atoms with Crippen molar-refractivity contribution < 1.29 is 32.7 Å². The highest BCUT2D eigenvalue weighted by Crippen LogP contribution is 2.37. The number of piperidine rings is 1. The molecule has 9 heteroatoms. The van der Waals surface area contributed by atoms with Crippen LogP contribution in [0.5, 0.6) is 0 Å². The number of alkyl halides is 3. The number of nitrogens with zero attached hydrogens (tertiary/aromatic N) is 2. The zero-order valence-electron chi connectivity index (χ0n) is 15.3. The summed E-state index contributed by atoms with van der Waals surface area (Å²) < 4.78 is 38.8. The van der Waals surface area contributed by atoms with Crippen molar-refractivity contribution >= 4 is 17.7 Å². The first kappa shape index (κ1) is 20.3. The first-order valence-electron chi connectivity index (χ1n) is 9.00. The van der Waals surface area contributed by atoms with Crippen LogP contribution in [-0.4, -0.2) is 57.0 Å². The summed E-state index contributed by atoms with van der Waals surface area (Å²) in [5.74, 6) is -2.75. The lowest BCUT2D eigenvalue weighted by atomic mass is 9.90. The Bertz CT molecular complexity index is 779. The first-order chi connectivity index (χ1) is 13.0. The monoisotopic (exact) mass is 398 g/mol. The van der Waals surface area contributed by atoms with Crippen LogP contribution in [0, 0.1) is 5.92 Å². The molecule has 0 saturated carbocycles. The highest BCUT2D eigenvalue weighted by Gasteiger charge is 2.56. The maximum atomic E-state index is 12.9. The molecule has 3 amide bonds. The van der Waals surface area contributed by atoms with E-state index in [0.29, 0.717) is 19.8 Å². The fourth-order valence-electron chi connectivity index (χ4n) is 3.73. The van der Waals surface area contributed by atoms with Gasteiger partial charge in [-0.3, -0.25) is 19.3 Å². The molecule has 3 atom stereocenters. The molecule has 2 saturated heterocycles. The van der Waals surface area contributed by atoms with Gasteiger partial charge in [-0.2, -0.15) is 13.2 Å². The fourth-order valence-corrected chi connectivity index (χ4v) is 3.73. The molecule has 0 aromatic heterocycles. The summed E-state index contributed by atoms with van der Waals surface area (Å²) in [4.78, 5) is 40.2. The van der Waals surface area contributed by atoms with Crippen LogP contribution in [-0.2, 0) is 20.9 Å². The van der Waals surface area contributed by atoms with Gasteiger partial charge in [0.25, 0.3) is 5.91 Å². The van der Waals surface area contributed by atoms with Gasteiger partial charge in [-0.25, -0.2) is 0 Å². The maximum Gasteiger partial charge on any atom is 0.417 e.